The molecule has 0 radical (unpaired) electrons. The number of fused-ring (bicyclic) bond motifs is 1. The van der Waals surface area contributed by atoms with Crippen molar-refractivity contribution < 1.29 is 9.90 Å². The predicted octanol–water partition coefficient (Wildman–Crippen LogP) is 2.90. The van der Waals surface area contributed by atoms with Crippen molar-refractivity contribution in [3.8, 4) is 5.75 Å². The van der Waals surface area contributed by atoms with E-state index >= 15 is 0 Å². The molecule has 0 unspecified atom stereocenters. The fourth-order valence-electron chi connectivity index (χ4n) is 2.66. The molecular formula is C17H17NO2. The molecule has 1 N–H and O–H groups in total. The van der Waals surface area contributed by atoms with E-state index in [2.05, 4.69) is 12.1 Å². The minimum Gasteiger partial charge on any atom is -0.507 e. The lowest BCUT2D eigenvalue weighted by molar-refractivity contribution is 0.0731. The van der Waals surface area contributed by atoms with Crippen LogP contribution in [0.3, 0.4) is 0 Å². The summed E-state index contributed by atoms with van der Waals surface area (Å²) in [5.41, 5.74) is 3.87. The number of benzene rings is 2. The van der Waals surface area contributed by atoms with Gasteiger partial charge in [0.1, 0.15) is 5.75 Å². The molecule has 3 heteroatoms. The van der Waals surface area contributed by atoms with Gasteiger partial charge in [0.15, 0.2) is 0 Å². The van der Waals surface area contributed by atoms with Crippen molar-refractivity contribution >= 4 is 5.91 Å². The molecule has 0 fully saturated rings. The third-order valence-corrected chi connectivity index (χ3v) is 3.80. The lowest BCUT2D eigenvalue weighted by Gasteiger charge is -2.29. The molecule has 0 aromatic heterocycles. The number of hydrogen-bond acceptors (Lipinski definition) is 2. The lowest BCUT2D eigenvalue weighted by Crippen LogP contribution is -2.36. The maximum Gasteiger partial charge on any atom is 0.257 e. The number of aromatic hydroxyl groups is 1. The van der Waals surface area contributed by atoms with Crippen LogP contribution in [0.5, 0.6) is 5.75 Å². The summed E-state index contributed by atoms with van der Waals surface area (Å²) >= 11 is 0. The summed E-state index contributed by atoms with van der Waals surface area (Å²) in [5.74, 6) is -0.0415. The third kappa shape index (κ3) is 2.27. The molecule has 20 heavy (non-hydrogen) atoms. The van der Waals surface area contributed by atoms with Crippen LogP contribution in [0.4, 0.5) is 0 Å². The normalized spacial score (nSPS) is 13.9. The molecule has 0 bridgehead atoms. The number of carbonyl (C=O) groups is 1. The molecule has 0 saturated carbocycles. The van der Waals surface area contributed by atoms with Crippen LogP contribution in [0, 0.1) is 6.92 Å². The Morgan fingerprint density at radius 2 is 1.90 bits per heavy atom. The van der Waals surface area contributed by atoms with Gasteiger partial charge in [-0.05, 0) is 36.6 Å². The Morgan fingerprint density at radius 3 is 2.70 bits per heavy atom. The van der Waals surface area contributed by atoms with E-state index in [0.29, 0.717) is 18.7 Å². The maximum absolute atomic E-state index is 12.5. The van der Waals surface area contributed by atoms with Crippen molar-refractivity contribution in [3.05, 3.63) is 64.7 Å². The molecule has 0 atom stereocenters. The second kappa shape index (κ2) is 5.00. The van der Waals surface area contributed by atoms with Crippen molar-refractivity contribution in [2.75, 3.05) is 6.54 Å². The number of hydrogen-bond donors (Lipinski definition) is 1. The van der Waals surface area contributed by atoms with E-state index in [4.69, 9.17) is 0 Å². The van der Waals surface area contributed by atoms with Crippen LogP contribution in [0.25, 0.3) is 0 Å². The summed E-state index contributed by atoms with van der Waals surface area (Å²) in [6.45, 7) is 3.23. The zero-order chi connectivity index (χ0) is 14.1. The first-order chi connectivity index (χ1) is 9.65. The number of phenols is 1. The van der Waals surface area contributed by atoms with E-state index in [-0.39, 0.29) is 11.7 Å². The molecule has 1 heterocycles. The van der Waals surface area contributed by atoms with Crippen molar-refractivity contribution in [3.63, 3.8) is 0 Å². The van der Waals surface area contributed by atoms with E-state index in [1.807, 2.05) is 19.1 Å². The predicted molar refractivity (Wildman–Crippen MR) is 77.7 cm³/mol. The van der Waals surface area contributed by atoms with Gasteiger partial charge in [-0.2, -0.15) is 0 Å². The van der Waals surface area contributed by atoms with Gasteiger partial charge in [0.2, 0.25) is 0 Å². The van der Waals surface area contributed by atoms with Crippen LogP contribution in [0.15, 0.2) is 42.5 Å². The van der Waals surface area contributed by atoms with Gasteiger partial charge in [-0.25, -0.2) is 0 Å². The van der Waals surface area contributed by atoms with Gasteiger partial charge < -0.3 is 10.0 Å². The topological polar surface area (TPSA) is 40.5 Å². The Bertz CT molecular complexity index is 664. The van der Waals surface area contributed by atoms with E-state index in [9.17, 15) is 9.90 Å². The quantitative estimate of drug-likeness (QED) is 0.863. The Morgan fingerprint density at radius 1 is 1.15 bits per heavy atom. The van der Waals surface area contributed by atoms with Gasteiger partial charge in [-0.1, -0.05) is 35.9 Å². The van der Waals surface area contributed by atoms with Gasteiger partial charge in [-0.3, -0.25) is 4.79 Å². The highest BCUT2D eigenvalue weighted by atomic mass is 16.3. The molecule has 0 saturated heterocycles. The Balaban J connectivity index is 1.88. The largest absolute Gasteiger partial charge is 0.507 e. The number of rotatable bonds is 1. The third-order valence-electron chi connectivity index (χ3n) is 3.80. The van der Waals surface area contributed by atoms with E-state index in [1.165, 1.54) is 11.1 Å². The fraction of sp³-hybridized carbons (Fsp3) is 0.235. The molecule has 3 nitrogen and oxygen atoms in total. The Labute approximate surface area is 118 Å². The highest BCUT2D eigenvalue weighted by Gasteiger charge is 2.23. The Kier molecular flexibility index (Phi) is 3.18. The molecule has 3 rings (SSSR count). The van der Waals surface area contributed by atoms with Crippen LogP contribution < -0.4 is 0 Å². The van der Waals surface area contributed by atoms with Crippen LogP contribution in [0.1, 0.15) is 27.0 Å². The highest BCUT2D eigenvalue weighted by Crippen LogP contribution is 2.24. The van der Waals surface area contributed by atoms with Crippen LogP contribution >= 0.6 is 0 Å². The van der Waals surface area contributed by atoms with Crippen LogP contribution in [0.2, 0.25) is 0 Å². The van der Waals surface area contributed by atoms with E-state index in [1.54, 1.807) is 23.1 Å². The number of carbonyl (C=O) groups excluding carboxylic acids is 1. The first kappa shape index (κ1) is 12.7. The maximum atomic E-state index is 12.5. The van der Waals surface area contributed by atoms with Crippen molar-refractivity contribution in [1.29, 1.82) is 0 Å². The number of amides is 1. The van der Waals surface area contributed by atoms with Gasteiger partial charge in [0.05, 0.1) is 5.56 Å². The first-order valence-electron chi connectivity index (χ1n) is 6.81. The zero-order valence-electron chi connectivity index (χ0n) is 11.5. The molecule has 1 aliphatic heterocycles. The summed E-state index contributed by atoms with van der Waals surface area (Å²) < 4.78 is 0. The summed E-state index contributed by atoms with van der Waals surface area (Å²) in [7, 11) is 0. The summed E-state index contributed by atoms with van der Waals surface area (Å²) in [5, 5.41) is 9.88. The van der Waals surface area contributed by atoms with Crippen molar-refractivity contribution in [2.45, 2.75) is 19.9 Å². The minimum atomic E-state index is -0.0966. The summed E-state index contributed by atoms with van der Waals surface area (Å²) in [6.07, 6.45) is 0.870. The number of aryl methyl sites for hydroxylation is 1. The van der Waals surface area contributed by atoms with Crippen molar-refractivity contribution in [1.82, 2.24) is 4.90 Å². The first-order valence-corrected chi connectivity index (χ1v) is 6.81. The molecular weight excluding hydrogens is 250 g/mol. The van der Waals surface area contributed by atoms with Crippen LogP contribution in [-0.4, -0.2) is 22.5 Å². The average molecular weight is 267 g/mol. The fourth-order valence-corrected chi connectivity index (χ4v) is 2.66. The second-order valence-corrected chi connectivity index (χ2v) is 5.27. The van der Waals surface area contributed by atoms with Crippen molar-refractivity contribution in [2.24, 2.45) is 0 Å². The molecule has 1 aliphatic rings. The standard InChI is InChI=1S/C17H17NO2/c1-12-6-7-16(19)15(10-12)17(20)18-9-8-13-4-2-3-5-14(13)11-18/h2-7,10,19H,8-9,11H2,1H3. The SMILES string of the molecule is Cc1ccc(O)c(C(=O)N2CCc3ccccc3C2)c1. The molecule has 2 aromatic rings. The number of nitrogens with zero attached hydrogens (tertiary/aromatic N) is 1. The molecule has 2 aromatic carbocycles. The van der Waals surface area contributed by atoms with Gasteiger partial charge >= 0.3 is 0 Å². The minimum absolute atomic E-state index is 0.0551. The van der Waals surface area contributed by atoms with E-state index < -0.39 is 0 Å². The second-order valence-electron chi connectivity index (χ2n) is 5.27. The summed E-state index contributed by atoms with van der Waals surface area (Å²) in [6, 6.07) is 13.3. The number of phenolic OH excluding ortho intramolecular Hbond substituents is 1. The molecule has 0 spiro atoms. The van der Waals surface area contributed by atoms with Gasteiger partial charge in [0, 0.05) is 13.1 Å². The molecule has 1 amide bonds. The lowest BCUT2D eigenvalue weighted by atomic mass is 9.99. The monoisotopic (exact) mass is 267 g/mol. The van der Waals surface area contributed by atoms with Crippen LogP contribution in [-0.2, 0) is 13.0 Å². The molecule has 102 valence electrons. The highest BCUT2D eigenvalue weighted by molar-refractivity contribution is 5.97. The van der Waals surface area contributed by atoms with Gasteiger partial charge in [0.25, 0.3) is 5.91 Å². The summed E-state index contributed by atoms with van der Waals surface area (Å²) in [4.78, 5) is 14.4. The zero-order valence-corrected chi connectivity index (χ0v) is 11.5. The van der Waals surface area contributed by atoms with E-state index in [0.717, 1.165) is 12.0 Å². The smallest absolute Gasteiger partial charge is 0.257 e. The Hall–Kier alpha value is -2.29. The molecule has 0 aliphatic carbocycles. The average Bonchev–Trinajstić information content (AvgIpc) is 2.48. The van der Waals surface area contributed by atoms with Gasteiger partial charge in [-0.15, -0.1) is 0 Å².